The van der Waals surface area contributed by atoms with Crippen molar-refractivity contribution in [3.05, 3.63) is 46.4 Å². The van der Waals surface area contributed by atoms with Gasteiger partial charge in [-0.1, -0.05) is 24.6 Å². The Kier molecular flexibility index (Phi) is 5.23. The Labute approximate surface area is 118 Å². The molecule has 0 aromatic heterocycles. The minimum absolute atomic E-state index is 0.202. The Bertz CT molecular complexity index is 461. The van der Waals surface area contributed by atoms with Crippen LogP contribution in [0.2, 0.25) is 5.02 Å². The van der Waals surface area contributed by atoms with Crippen molar-refractivity contribution in [2.24, 2.45) is 0 Å². The first-order valence-electron chi connectivity index (χ1n) is 6.68. The molecule has 2 nitrogen and oxygen atoms in total. The van der Waals surface area contributed by atoms with Gasteiger partial charge in [0.2, 0.25) is 0 Å². The zero-order valence-electron chi connectivity index (χ0n) is 11.1. The van der Waals surface area contributed by atoms with Crippen LogP contribution in [-0.2, 0) is 11.2 Å². The maximum Gasteiger partial charge on any atom is 0.124 e. The van der Waals surface area contributed by atoms with Gasteiger partial charge >= 0.3 is 0 Å². The molecule has 19 heavy (non-hydrogen) atoms. The molecular formula is C15H19ClFNO. The highest BCUT2D eigenvalue weighted by atomic mass is 35.5. The van der Waals surface area contributed by atoms with E-state index in [9.17, 15) is 4.39 Å². The standard InChI is InChI=1S/C15H19ClFNO/c1-2-18-15(12-4-3-7-19-10-12)8-11-5-6-13(17)9-14(11)16/h5-6,9-10,15,18H,2-4,7-8H2,1H3. The van der Waals surface area contributed by atoms with Gasteiger partial charge in [0, 0.05) is 11.1 Å². The summed E-state index contributed by atoms with van der Waals surface area (Å²) in [5, 5.41) is 3.93. The van der Waals surface area contributed by atoms with Gasteiger partial charge < -0.3 is 10.1 Å². The molecule has 0 spiro atoms. The topological polar surface area (TPSA) is 21.3 Å². The Morgan fingerprint density at radius 3 is 2.95 bits per heavy atom. The highest BCUT2D eigenvalue weighted by Gasteiger charge is 2.18. The lowest BCUT2D eigenvalue weighted by atomic mass is 9.95. The van der Waals surface area contributed by atoms with Crippen LogP contribution in [-0.4, -0.2) is 19.2 Å². The second kappa shape index (κ2) is 6.92. The van der Waals surface area contributed by atoms with Crippen molar-refractivity contribution in [2.45, 2.75) is 32.2 Å². The summed E-state index contributed by atoms with van der Waals surface area (Å²) in [5.41, 5.74) is 2.22. The van der Waals surface area contributed by atoms with Crippen LogP contribution in [0.4, 0.5) is 4.39 Å². The summed E-state index contributed by atoms with van der Waals surface area (Å²) in [6, 6.07) is 4.78. The number of hydrogen-bond donors (Lipinski definition) is 1. The van der Waals surface area contributed by atoms with Crippen LogP contribution in [0, 0.1) is 5.82 Å². The Balaban J connectivity index is 2.13. The van der Waals surface area contributed by atoms with Crippen LogP contribution in [0.15, 0.2) is 30.0 Å². The van der Waals surface area contributed by atoms with E-state index in [0.29, 0.717) is 5.02 Å². The van der Waals surface area contributed by atoms with Crippen LogP contribution in [0.1, 0.15) is 25.3 Å². The summed E-state index contributed by atoms with van der Waals surface area (Å²) in [7, 11) is 0. The number of nitrogens with one attached hydrogen (secondary N) is 1. The third kappa shape index (κ3) is 3.95. The highest BCUT2D eigenvalue weighted by Crippen LogP contribution is 2.23. The van der Waals surface area contributed by atoms with Crippen LogP contribution in [0.25, 0.3) is 0 Å². The summed E-state index contributed by atoms with van der Waals surface area (Å²) in [4.78, 5) is 0. The summed E-state index contributed by atoms with van der Waals surface area (Å²) < 4.78 is 18.5. The minimum Gasteiger partial charge on any atom is -0.501 e. The molecule has 1 aliphatic rings. The molecule has 1 unspecified atom stereocenters. The molecule has 1 atom stereocenters. The quantitative estimate of drug-likeness (QED) is 0.890. The molecule has 4 heteroatoms. The second-order valence-electron chi connectivity index (χ2n) is 4.72. The molecule has 0 fully saturated rings. The van der Waals surface area contributed by atoms with Gasteiger partial charge in [0.15, 0.2) is 0 Å². The molecule has 104 valence electrons. The maximum atomic E-state index is 13.1. The monoisotopic (exact) mass is 283 g/mol. The molecule has 0 saturated heterocycles. The number of hydrogen-bond acceptors (Lipinski definition) is 2. The normalized spacial score (nSPS) is 16.7. The van der Waals surface area contributed by atoms with Crippen LogP contribution >= 0.6 is 11.6 Å². The van der Waals surface area contributed by atoms with E-state index < -0.39 is 0 Å². The molecular weight excluding hydrogens is 265 g/mol. The molecule has 0 amide bonds. The van der Waals surface area contributed by atoms with Crippen molar-refractivity contribution in [1.82, 2.24) is 5.32 Å². The van der Waals surface area contributed by atoms with E-state index in [1.165, 1.54) is 17.7 Å². The summed E-state index contributed by atoms with van der Waals surface area (Å²) >= 11 is 6.09. The van der Waals surface area contributed by atoms with E-state index in [1.807, 2.05) is 6.26 Å². The van der Waals surface area contributed by atoms with E-state index in [-0.39, 0.29) is 11.9 Å². The van der Waals surface area contributed by atoms with Gasteiger partial charge in [0.25, 0.3) is 0 Å². The lowest BCUT2D eigenvalue weighted by Crippen LogP contribution is -2.34. The lowest BCUT2D eigenvalue weighted by molar-refractivity contribution is 0.219. The van der Waals surface area contributed by atoms with E-state index in [2.05, 4.69) is 12.2 Å². The zero-order valence-corrected chi connectivity index (χ0v) is 11.8. The predicted molar refractivity (Wildman–Crippen MR) is 75.8 cm³/mol. The first kappa shape index (κ1) is 14.4. The summed E-state index contributed by atoms with van der Waals surface area (Å²) in [6.45, 7) is 3.74. The molecule has 1 aromatic carbocycles. The van der Waals surface area contributed by atoms with Crippen molar-refractivity contribution in [1.29, 1.82) is 0 Å². The molecule has 1 N–H and O–H groups in total. The van der Waals surface area contributed by atoms with Gasteiger partial charge in [-0.25, -0.2) is 4.39 Å². The first-order valence-corrected chi connectivity index (χ1v) is 7.06. The van der Waals surface area contributed by atoms with Gasteiger partial charge in [-0.05, 0) is 49.1 Å². The molecule has 0 saturated carbocycles. The van der Waals surface area contributed by atoms with Crippen LogP contribution in [0.5, 0.6) is 0 Å². The molecule has 0 bridgehead atoms. The average molecular weight is 284 g/mol. The van der Waals surface area contributed by atoms with E-state index in [4.69, 9.17) is 16.3 Å². The Morgan fingerprint density at radius 2 is 2.32 bits per heavy atom. The fourth-order valence-electron chi connectivity index (χ4n) is 2.33. The van der Waals surface area contributed by atoms with Crippen LogP contribution in [0.3, 0.4) is 0 Å². The average Bonchev–Trinajstić information content (AvgIpc) is 2.42. The van der Waals surface area contributed by atoms with Gasteiger partial charge in [-0.2, -0.15) is 0 Å². The van der Waals surface area contributed by atoms with Crippen molar-refractivity contribution in [3.63, 3.8) is 0 Å². The third-order valence-corrected chi connectivity index (χ3v) is 3.65. The fourth-order valence-corrected chi connectivity index (χ4v) is 2.57. The van der Waals surface area contributed by atoms with Crippen molar-refractivity contribution in [3.8, 4) is 0 Å². The molecule has 1 aromatic rings. The first-order chi connectivity index (χ1) is 9.20. The maximum absolute atomic E-state index is 13.1. The molecule has 1 heterocycles. The van der Waals surface area contributed by atoms with Gasteiger partial charge in [-0.15, -0.1) is 0 Å². The SMILES string of the molecule is CCNC(Cc1ccc(F)cc1Cl)C1=COCCC1. The van der Waals surface area contributed by atoms with E-state index in [0.717, 1.165) is 38.0 Å². The summed E-state index contributed by atoms with van der Waals surface area (Å²) in [6.07, 6.45) is 4.69. The van der Waals surface area contributed by atoms with E-state index in [1.54, 1.807) is 6.07 Å². The number of halogens is 2. The molecule has 2 rings (SSSR count). The Hall–Kier alpha value is -1.06. The number of likely N-dealkylation sites (N-methyl/N-ethyl adjacent to an activating group) is 1. The zero-order chi connectivity index (χ0) is 13.7. The molecule has 1 aliphatic heterocycles. The van der Waals surface area contributed by atoms with Gasteiger partial charge in [-0.3, -0.25) is 0 Å². The van der Waals surface area contributed by atoms with E-state index >= 15 is 0 Å². The second-order valence-corrected chi connectivity index (χ2v) is 5.12. The van der Waals surface area contributed by atoms with Gasteiger partial charge in [0.1, 0.15) is 5.82 Å². The number of benzene rings is 1. The third-order valence-electron chi connectivity index (χ3n) is 3.30. The molecule has 0 aliphatic carbocycles. The fraction of sp³-hybridized carbons (Fsp3) is 0.467. The smallest absolute Gasteiger partial charge is 0.124 e. The van der Waals surface area contributed by atoms with Crippen molar-refractivity contribution < 1.29 is 9.13 Å². The molecule has 0 radical (unpaired) electrons. The number of rotatable bonds is 5. The van der Waals surface area contributed by atoms with Crippen molar-refractivity contribution >= 4 is 11.6 Å². The highest BCUT2D eigenvalue weighted by molar-refractivity contribution is 6.31. The van der Waals surface area contributed by atoms with Crippen LogP contribution < -0.4 is 5.32 Å². The Morgan fingerprint density at radius 1 is 1.47 bits per heavy atom. The lowest BCUT2D eigenvalue weighted by Gasteiger charge is -2.24. The predicted octanol–water partition coefficient (Wildman–Crippen LogP) is 3.69. The minimum atomic E-state index is -0.297. The number of ether oxygens (including phenoxy) is 1. The summed E-state index contributed by atoms with van der Waals surface area (Å²) in [5.74, 6) is -0.297. The largest absolute Gasteiger partial charge is 0.501 e. The van der Waals surface area contributed by atoms with Gasteiger partial charge in [0.05, 0.1) is 12.9 Å². The van der Waals surface area contributed by atoms with Crippen molar-refractivity contribution in [2.75, 3.05) is 13.2 Å².